The zero-order valence-corrected chi connectivity index (χ0v) is 19.5. The van der Waals surface area contributed by atoms with Gasteiger partial charge in [-0.15, -0.1) is 0 Å². The number of nitrogens with one attached hydrogen (secondary N) is 1. The maximum Gasteiger partial charge on any atom is 0.325 e. The summed E-state index contributed by atoms with van der Waals surface area (Å²) in [6.07, 6.45) is 0. The van der Waals surface area contributed by atoms with Gasteiger partial charge in [0.05, 0.1) is 0 Å². The lowest BCUT2D eigenvalue weighted by molar-refractivity contribution is -0.139. The Labute approximate surface area is 203 Å². The van der Waals surface area contributed by atoms with E-state index < -0.39 is 17.5 Å². The molecule has 180 valence electrons. The highest BCUT2D eigenvalue weighted by molar-refractivity contribution is 6.09. The Morgan fingerprint density at radius 3 is 2.37 bits per heavy atom. The lowest BCUT2D eigenvalue weighted by Crippen LogP contribution is -2.51. The van der Waals surface area contributed by atoms with E-state index >= 15 is 0 Å². The summed E-state index contributed by atoms with van der Waals surface area (Å²) in [6, 6.07) is 19.6. The monoisotopic (exact) mass is 474 g/mol. The van der Waals surface area contributed by atoms with Crippen LogP contribution in [0.25, 0.3) is 10.8 Å². The number of carbonyl (C=O) groups excluding carboxylic acids is 3. The molecular weight excluding hydrogens is 447 g/mol. The van der Waals surface area contributed by atoms with E-state index in [-0.39, 0.29) is 18.3 Å². The first-order valence-corrected chi connectivity index (χ1v) is 11.7. The Morgan fingerprint density at radius 1 is 0.943 bits per heavy atom. The summed E-state index contributed by atoms with van der Waals surface area (Å²) < 4.78 is 13.9. The molecule has 7 nitrogen and oxygen atoms in total. The van der Waals surface area contributed by atoms with Gasteiger partial charge in [-0.25, -0.2) is 9.18 Å². The standard InChI is InChI=1S/C27H27FN4O3/c1-27(22-11-10-19-6-2-3-7-20(19)16-22)25(34)32(26(35)29-27)18-24(33)31-14-12-30(13-15-31)17-21-8-4-5-9-23(21)28/h2-11,16H,12-15,17-18H2,1H3,(H,29,35)/t27-/m1/s1. The fourth-order valence-corrected chi connectivity index (χ4v) is 4.79. The van der Waals surface area contributed by atoms with E-state index in [4.69, 9.17) is 0 Å². The molecule has 3 aromatic rings. The first kappa shape index (κ1) is 23.0. The van der Waals surface area contributed by atoms with Crippen LogP contribution in [-0.4, -0.2) is 65.3 Å². The maximum absolute atomic E-state index is 13.9. The molecule has 2 heterocycles. The van der Waals surface area contributed by atoms with E-state index in [1.165, 1.54) is 6.07 Å². The third-order valence-corrected chi connectivity index (χ3v) is 6.97. The first-order valence-electron chi connectivity index (χ1n) is 11.7. The molecular formula is C27H27FN4O3. The van der Waals surface area contributed by atoms with Gasteiger partial charge < -0.3 is 10.2 Å². The molecule has 0 aliphatic carbocycles. The topological polar surface area (TPSA) is 73.0 Å². The van der Waals surface area contributed by atoms with Crippen molar-refractivity contribution in [1.82, 2.24) is 20.0 Å². The van der Waals surface area contributed by atoms with Crippen LogP contribution in [-0.2, 0) is 21.7 Å². The van der Waals surface area contributed by atoms with Crippen molar-refractivity contribution in [2.75, 3.05) is 32.7 Å². The third-order valence-electron chi connectivity index (χ3n) is 6.97. The number of nitrogens with zero attached hydrogens (tertiary/aromatic N) is 3. The Hall–Kier alpha value is -3.78. The Kier molecular flexibility index (Phi) is 5.98. The third kappa shape index (κ3) is 4.37. The van der Waals surface area contributed by atoms with Crippen molar-refractivity contribution in [3.63, 3.8) is 0 Å². The molecule has 3 aromatic carbocycles. The lowest BCUT2D eigenvalue weighted by atomic mass is 9.90. The fourth-order valence-electron chi connectivity index (χ4n) is 4.79. The van der Waals surface area contributed by atoms with E-state index in [1.807, 2.05) is 48.5 Å². The minimum absolute atomic E-state index is 0.237. The summed E-state index contributed by atoms with van der Waals surface area (Å²) in [4.78, 5) is 43.7. The summed E-state index contributed by atoms with van der Waals surface area (Å²) in [5.41, 5.74) is 0.0608. The van der Waals surface area contributed by atoms with Gasteiger partial charge in [0.1, 0.15) is 17.9 Å². The molecule has 2 fully saturated rings. The zero-order valence-electron chi connectivity index (χ0n) is 19.5. The molecule has 0 spiro atoms. The predicted octanol–water partition coefficient (Wildman–Crippen LogP) is 3.09. The van der Waals surface area contributed by atoms with Crippen LogP contribution in [0.1, 0.15) is 18.1 Å². The molecule has 2 aliphatic rings. The van der Waals surface area contributed by atoms with Gasteiger partial charge >= 0.3 is 6.03 Å². The van der Waals surface area contributed by atoms with Crippen molar-refractivity contribution in [2.45, 2.75) is 19.0 Å². The number of carbonyl (C=O) groups is 3. The molecule has 2 saturated heterocycles. The highest BCUT2D eigenvalue weighted by Crippen LogP contribution is 2.31. The highest BCUT2D eigenvalue weighted by atomic mass is 19.1. The summed E-state index contributed by atoms with van der Waals surface area (Å²) in [5, 5.41) is 4.79. The molecule has 0 unspecified atom stereocenters. The Balaban J connectivity index is 1.22. The number of benzene rings is 3. The SMILES string of the molecule is C[C@]1(c2ccc3ccccc3c2)NC(=O)N(CC(=O)N2CCN(Cc3ccccc3F)CC2)C1=O. The van der Waals surface area contributed by atoms with Gasteiger partial charge in [-0.3, -0.25) is 19.4 Å². The van der Waals surface area contributed by atoms with E-state index in [9.17, 15) is 18.8 Å². The number of halogens is 1. The highest BCUT2D eigenvalue weighted by Gasteiger charge is 2.49. The summed E-state index contributed by atoms with van der Waals surface area (Å²) in [7, 11) is 0. The van der Waals surface area contributed by atoms with Crippen molar-refractivity contribution in [1.29, 1.82) is 0 Å². The minimum Gasteiger partial charge on any atom is -0.339 e. The van der Waals surface area contributed by atoms with Gasteiger partial charge in [-0.1, -0.05) is 54.6 Å². The van der Waals surface area contributed by atoms with Gasteiger partial charge in [-0.05, 0) is 35.4 Å². The van der Waals surface area contributed by atoms with E-state index in [1.54, 1.807) is 24.0 Å². The molecule has 8 heteroatoms. The molecule has 0 bridgehead atoms. The number of imide groups is 1. The normalized spacial score (nSPS) is 21.0. The summed E-state index contributed by atoms with van der Waals surface area (Å²) >= 11 is 0. The number of fused-ring (bicyclic) bond motifs is 1. The molecule has 0 radical (unpaired) electrons. The number of amides is 4. The molecule has 1 N–H and O–H groups in total. The van der Waals surface area contributed by atoms with Crippen molar-refractivity contribution < 1.29 is 18.8 Å². The van der Waals surface area contributed by atoms with E-state index in [0.29, 0.717) is 43.9 Å². The van der Waals surface area contributed by atoms with Crippen LogP contribution in [0.3, 0.4) is 0 Å². The second kappa shape index (κ2) is 9.11. The molecule has 0 aromatic heterocycles. The van der Waals surface area contributed by atoms with Crippen LogP contribution in [0, 0.1) is 5.82 Å². The maximum atomic E-state index is 13.9. The van der Waals surface area contributed by atoms with Crippen molar-refractivity contribution >= 4 is 28.6 Å². The van der Waals surface area contributed by atoms with Crippen LogP contribution >= 0.6 is 0 Å². The Morgan fingerprint density at radius 2 is 1.63 bits per heavy atom. The quantitative estimate of drug-likeness (QED) is 0.577. The Bertz CT molecular complexity index is 1300. The summed E-state index contributed by atoms with van der Waals surface area (Å²) in [6.45, 7) is 3.94. The lowest BCUT2D eigenvalue weighted by Gasteiger charge is -2.35. The van der Waals surface area contributed by atoms with Crippen molar-refractivity contribution in [3.05, 3.63) is 83.7 Å². The number of piperazine rings is 1. The van der Waals surface area contributed by atoms with Crippen molar-refractivity contribution in [3.8, 4) is 0 Å². The van der Waals surface area contributed by atoms with E-state index in [0.717, 1.165) is 15.7 Å². The fraction of sp³-hybridized carbons (Fsp3) is 0.296. The van der Waals surface area contributed by atoms with Crippen LogP contribution in [0.5, 0.6) is 0 Å². The summed E-state index contributed by atoms with van der Waals surface area (Å²) in [5.74, 6) is -0.954. The predicted molar refractivity (Wildman–Crippen MR) is 130 cm³/mol. The van der Waals surface area contributed by atoms with Crippen LogP contribution < -0.4 is 5.32 Å². The largest absolute Gasteiger partial charge is 0.339 e. The smallest absolute Gasteiger partial charge is 0.325 e. The van der Waals surface area contributed by atoms with Gasteiger partial charge in [0, 0.05) is 38.3 Å². The average molecular weight is 475 g/mol. The number of hydrogen-bond acceptors (Lipinski definition) is 4. The first-order chi connectivity index (χ1) is 16.8. The van der Waals surface area contributed by atoms with Crippen LogP contribution in [0.4, 0.5) is 9.18 Å². The number of urea groups is 1. The average Bonchev–Trinajstić information content (AvgIpc) is 3.09. The van der Waals surface area contributed by atoms with Gasteiger partial charge in [0.25, 0.3) is 5.91 Å². The van der Waals surface area contributed by atoms with Crippen LogP contribution in [0.2, 0.25) is 0 Å². The molecule has 0 saturated carbocycles. The van der Waals surface area contributed by atoms with Gasteiger partial charge in [0.2, 0.25) is 5.91 Å². The molecule has 1 atom stereocenters. The number of rotatable bonds is 5. The number of hydrogen-bond donors (Lipinski definition) is 1. The van der Waals surface area contributed by atoms with Gasteiger partial charge in [0.15, 0.2) is 0 Å². The van der Waals surface area contributed by atoms with E-state index in [2.05, 4.69) is 10.2 Å². The second-order valence-corrected chi connectivity index (χ2v) is 9.26. The molecule has 4 amide bonds. The van der Waals surface area contributed by atoms with Crippen molar-refractivity contribution in [2.24, 2.45) is 0 Å². The zero-order chi connectivity index (χ0) is 24.6. The van der Waals surface area contributed by atoms with Crippen LogP contribution in [0.15, 0.2) is 66.7 Å². The second-order valence-electron chi connectivity index (χ2n) is 9.26. The minimum atomic E-state index is -1.24. The molecule has 5 rings (SSSR count). The van der Waals surface area contributed by atoms with Gasteiger partial charge in [-0.2, -0.15) is 0 Å². The molecule has 2 aliphatic heterocycles. The molecule has 35 heavy (non-hydrogen) atoms.